The fourth-order valence-corrected chi connectivity index (χ4v) is 3.63. The van der Waals surface area contributed by atoms with Crippen molar-refractivity contribution in [3.8, 4) is 5.75 Å². The van der Waals surface area contributed by atoms with Crippen LogP contribution in [-0.2, 0) is 6.54 Å². The highest BCUT2D eigenvalue weighted by Crippen LogP contribution is 2.29. The van der Waals surface area contributed by atoms with Crippen LogP contribution in [0.1, 0.15) is 15.9 Å². The number of carbonyl (C=O) groups excluding carboxylic acids is 1. The molecule has 1 saturated heterocycles. The number of aromatic nitrogens is 1. The van der Waals surface area contributed by atoms with Gasteiger partial charge in [-0.05, 0) is 11.6 Å². The molecule has 0 aliphatic carbocycles. The number of nitrogens with one attached hydrogen (secondary N) is 1. The lowest BCUT2D eigenvalue weighted by Crippen LogP contribution is -2.50. The van der Waals surface area contributed by atoms with E-state index in [1.165, 1.54) is 30.2 Å². The monoisotopic (exact) mass is 376 g/mol. The number of nitrogens with zero attached hydrogens (tertiary/aromatic N) is 1. The van der Waals surface area contributed by atoms with Crippen LogP contribution in [0.15, 0.2) is 48.8 Å². The Labute approximate surface area is 155 Å². The lowest BCUT2D eigenvalue weighted by molar-refractivity contribution is -0.0786. The molecular formula is C18H20N2O5S. The van der Waals surface area contributed by atoms with E-state index in [2.05, 4.69) is 10.3 Å². The second-order valence-corrected chi connectivity index (χ2v) is 7.08. The number of thioether (sulfide) groups is 1. The maximum Gasteiger partial charge on any atom is 0.253 e. The first-order valence-corrected chi connectivity index (χ1v) is 9.19. The first kappa shape index (κ1) is 18.7. The average Bonchev–Trinajstić information content (AvgIpc) is 2.67. The fraction of sp³-hybridized carbons (Fsp3) is 0.333. The van der Waals surface area contributed by atoms with Gasteiger partial charge in [0.05, 0.1) is 17.9 Å². The number of pyridine rings is 1. The summed E-state index contributed by atoms with van der Waals surface area (Å²) < 4.78 is 5.64. The van der Waals surface area contributed by atoms with E-state index in [9.17, 15) is 20.1 Å². The van der Waals surface area contributed by atoms with Crippen LogP contribution in [0, 0.1) is 0 Å². The predicted octanol–water partition coefficient (Wildman–Crippen LogP) is 0.546. The molecule has 1 fully saturated rings. The van der Waals surface area contributed by atoms with Gasteiger partial charge in [0.1, 0.15) is 18.0 Å². The third-order valence-corrected chi connectivity index (χ3v) is 5.22. The number of hydrogen-bond donors (Lipinski definition) is 4. The maximum absolute atomic E-state index is 12.3. The van der Waals surface area contributed by atoms with Gasteiger partial charge in [-0.15, -0.1) is 11.8 Å². The van der Waals surface area contributed by atoms with E-state index in [0.29, 0.717) is 17.9 Å². The van der Waals surface area contributed by atoms with Gasteiger partial charge in [-0.2, -0.15) is 0 Å². The Morgan fingerprint density at radius 1 is 1.19 bits per heavy atom. The number of ether oxygens (including phenoxy) is 1. The van der Waals surface area contributed by atoms with Crippen molar-refractivity contribution in [2.75, 3.05) is 5.75 Å². The fourth-order valence-electron chi connectivity index (χ4n) is 2.50. The van der Waals surface area contributed by atoms with Gasteiger partial charge in [-0.3, -0.25) is 9.78 Å². The number of hydrogen-bond acceptors (Lipinski definition) is 7. The molecule has 1 aromatic heterocycles. The SMILES string of the molecule is O=C(NCc1ccccc1)c1cncc(O[C@H]2SC[C@@H](O)[C@H](O)[C@H]2O)c1. The van der Waals surface area contributed by atoms with Crippen LogP contribution in [0.25, 0.3) is 0 Å². The smallest absolute Gasteiger partial charge is 0.253 e. The van der Waals surface area contributed by atoms with Gasteiger partial charge in [-0.1, -0.05) is 30.3 Å². The Balaban J connectivity index is 1.61. The first-order chi connectivity index (χ1) is 12.5. The number of rotatable bonds is 5. The quantitative estimate of drug-likeness (QED) is 0.603. The molecule has 4 N–H and O–H groups in total. The third-order valence-electron chi connectivity index (χ3n) is 3.98. The zero-order chi connectivity index (χ0) is 18.5. The summed E-state index contributed by atoms with van der Waals surface area (Å²) in [5.74, 6) is 0.254. The summed E-state index contributed by atoms with van der Waals surface area (Å²) in [5.41, 5.74) is 0.558. The van der Waals surface area contributed by atoms with Gasteiger partial charge in [0, 0.05) is 18.5 Å². The molecule has 2 aromatic rings. The molecule has 1 amide bonds. The van der Waals surface area contributed by atoms with Crippen LogP contribution < -0.4 is 10.1 Å². The molecule has 1 aromatic carbocycles. The molecular weight excluding hydrogens is 356 g/mol. The molecule has 0 spiro atoms. The standard InChI is InChI=1S/C18H20N2O5S/c21-14-10-26-18(16(23)15(14)22)25-13-6-12(8-19-9-13)17(24)20-7-11-4-2-1-3-5-11/h1-6,8-9,14-16,18,21-23H,7,10H2,(H,20,24)/t14-,15+,16-,18+/m1/s1. The van der Waals surface area contributed by atoms with E-state index < -0.39 is 23.7 Å². The second kappa shape index (κ2) is 8.50. The molecule has 7 nitrogen and oxygen atoms in total. The van der Waals surface area contributed by atoms with Crippen molar-refractivity contribution in [2.45, 2.75) is 30.3 Å². The summed E-state index contributed by atoms with van der Waals surface area (Å²) in [6.45, 7) is 0.395. The average molecular weight is 376 g/mol. The molecule has 1 aliphatic heterocycles. The van der Waals surface area contributed by atoms with Crippen LogP contribution in [0.5, 0.6) is 5.75 Å². The van der Waals surface area contributed by atoms with Crippen LogP contribution >= 0.6 is 11.8 Å². The second-order valence-electron chi connectivity index (χ2n) is 5.95. The molecule has 3 rings (SSSR count). The molecule has 4 atom stereocenters. The minimum Gasteiger partial charge on any atom is -0.475 e. The molecule has 138 valence electrons. The number of carbonyl (C=O) groups is 1. The van der Waals surface area contributed by atoms with E-state index in [1.54, 1.807) is 0 Å². The lowest BCUT2D eigenvalue weighted by atomic mass is 10.1. The summed E-state index contributed by atoms with van der Waals surface area (Å²) in [6, 6.07) is 11.1. The van der Waals surface area contributed by atoms with Gasteiger partial charge < -0.3 is 25.4 Å². The Hall–Kier alpha value is -2.13. The molecule has 1 aliphatic rings. The number of aliphatic hydroxyl groups excluding tert-OH is 3. The number of aliphatic hydroxyl groups is 3. The topological polar surface area (TPSA) is 112 Å². The van der Waals surface area contributed by atoms with E-state index in [-0.39, 0.29) is 11.7 Å². The Morgan fingerprint density at radius 2 is 1.96 bits per heavy atom. The third kappa shape index (κ3) is 4.53. The summed E-state index contributed by atoms with van der Waals surface area (Å²) in [7, 11) is 0. The number of benzene rings is 1. The van der Waals surface area contributed by atoms with Crippen molar-refractivity contribution in [3.63, 3.8) is 0 Å². The van der Waals surface area contributed by atoms with Crippen molar-refractivity contribution >= 4 is 17.7 Å². The van der Waals surface area contributed by atoms with E-state index >= 15 is 0 Å². The highest BCUT2D eigenvalue weighted by atomic mass is 32.2. The van der Waals surface area contributed by atoms with Crippen molar-refractivity contribution in [1.29, 1.82) is 0 Å². The molecule has 8 heteroatoms. The summed E-state index contributed by atoms with van der Waals surface area (Å²) in [4.78, 5) is 16.3. The lowest BCUT2D eigenvalue weighted by Gasteiger charge is -2.34. The zero-order valence-corrected chi connectivity index (χ0v) is 14.7. The molecule has 0 unspecified atom stereocenters. The summed E-state index contributed by atoms with van der Waals surface area (Å²) in [6.07, 6.45) is -0.650. The minimum atomic E-state index is -1.27. The van der Waals surface area contributed by atoms with E-state index in [0.717, 1.165) is 5.56 Å². The maximum atomic E-state index is 12.3. The van der Waals surface area contributed by atoms with Crippen LogP contribution in [0.2, 0.25) is 0 Å². The first-order valence-electron chi connectivity index (χ1n) is 8.14. The minimum absolute atomic E-state index is 0.244. The van der Waals surface area contributed by atoms with Crippen LogP contribution in [-0.4, -0.2) is 55.7 Å². The van der Waals surface area contributed by atoms with Crippen molar-refractivity contribution in [1.82, 2.24) is 10.3 Å². The van der Waals surface area contributed by atoms with Gasteiger partial charge >= 0.3 is 0 Å². The van der Waals surface area contributed by atoms with Gasteiger partial charge in [0.15, 0.2) is 5.44 Å². The van der Waals surface area contributed by atoms with Gasteiger partial charge in [-0.25, -0.2) is 0 Å². The van der Waals surface area contributed by atoms with Gasteiger partial charge in [0.2, 0.25) is 0 Å². The summed E-state index contributed by atoms with van der Waals surface area (Å²) >= 11 is 1.19. The molecule has 0 saturated carbocycles. The Bertz CT molecular complexity index is 745. The van der Waals surface area contributed by atoms with Crippen LogP contribution in [0.3, 0.4) is 0 Å². The number of amides is 1. The normalized spacial score (nSPS) is 25.5. The largest absolute Gasteiger partial charge is 0.475 e. The van der Waals surface area contributed by atoms with Crippen molar-refractivity contribution in [2.24, 2.45) is 0 Å². The van der Waals surface area contributed by atoms with Crippen molar-refractivity contribution < 1.29 is 24.9 Å². The Morgan fingerprint density at radius 3 is 2.73 bits per heavy atom. The van der Waals surface area contributed by atoms with E-state index in [1.807, 2.05) is 30.3 Å². The highest BCUT2D eigenvalue weighted by molar-refractivity contribution is 7.99. The molecule has 2 heterocycles. The van der Waals surface area contributed by atoms with Crippen molar-refractivity contribution in [3.05, 3.63) is 59.9 Å². The van der Waals surface area contributed by atoms with Crippen LogP contribution in [0.4, 0.5) is 0 Å². The van der Waals surface area contributed by atoms with Gasteiger partial charge in [0.25, 0.3) is 5.91 Å². The Kier molecular flexibility index (Phi) is 6.10. The molecule has 0 bridgehead atoms. The summed E-state index contributed by atoms with van der Waals surface area (Å²) in [5, 5.41) is 32.1. The highest BCUT2D eigenvalue weighted by Gasteiger charge is 2.38. The predicted molar refractivity (Wildman–Crippen MR) is 96.7 cm³/mol. The van der Waals surface area contributed by atoms with E-state index in [4.69, 9.17) is 4.74 Å². The molecule has 0 radical (unpaired) electrons. The molecule has 26 heavy (non-hydrogen) atoms. The zero-order valence-electron chi connectivity index (χ0n) is 13.9.